The number of para-hydroxylation sites is 1. The predicted octanol–water partition coefficient (Wildman–Crippen LogP) is 4.73. The molecule has 6 rings (SSSR count). The molecule has 58 heavy (non-hydrogen) atoms. The number of carbonyl (C=O) groups is 4. The summed E-state index contributed by atoms with van der Waals surface area (Å²) >= 11 is 1.09. The van der Waals surface area contributed by atoms with E-state index in [-0.39, 0.29) is 35.9 Å². The van der Waals surface area contributed by atoms with Crippen molar-refractivity contribution in [1.29, 1.82) is 0 Å². The minimum absolute atomic E-state index is 0.0881. The molecule has 0 bridgehead atoms. The molecule has 0 saturated heterocycles. The first kappa shape index (κ1) is 42.0. The molecule has 3 aromatic carbocycles. The van der Waals surface area contributed by atoms with Crippen molar-refractivity contribution in [3.05, 3.63) is 113 Å². The molecule has 15 heteroatoms. The highest BCUT2D eigenvalue weighted by atomic mass is 32.2. The molecule has 3 amide bonds. The molecule has 13 nitrogen and oxygen atoms in total. The lowest BCUT2D eigenvalue weighted by Crippen LogP contribution is -2.57. The van der Waals surface area contributed by atoms with Gasteiger partial charge < -0.3 is 42.4 Å². The number of aromatic carboxylic acids is 1. The van der Waals surface area contributed by atoms with E-state index in [1.165, 1.54) is 23.1 Å². The maximum atomic E-state index is 16.2. The number of halogens is 1. The number of carbonyl (C=O) groups excluding carboxylic acids is 3. The van der Waals surface area contributed by atoms with Crippen LogP contribution < -0.4 is 27.4 Å². The third kappa shape index (κ3) is 9.91. The Kier molecular flexibility index (Phi) is 14.3. The van der Waals surface area contributed by atoms with Gasteiger partial charge in [-0.15, -0.1) is 0 Å². The van der Waals surface area contributed by atoms with Gasteiger partial charge >= 0.3 is 5.97 Å². The molecule has 0 unspecified atom stereocenters. The van der Waals surface area contributed by atoms with Crippen molar-refractivity contribution in [3.63, 3.8) is 0 Å². The highest BCUT2D eigenvalue weighted by molar-refractivity contribution is 7.99. The van der Waals surface area contributed by atoms with Crippen LogP contribution in [0.25, 0.3) is 22.0 Å². The monoisotopic (exact) mass is 808 g/mol. The number of pyridine rings is 1. The van der Waals surface area contributed by atoms with E-state index in [2.05, 4.69) is 25.9 Å². The van der Waals surface area contributed by atoms with Gasteiger partial charge in [0.05, 0.1) is 16.5 Å². The highest BCUT2D eigenvalue weighted by Gasteiger charge is 2.34. The Labute approximate surface area is 340 Å². The number of likely N-dealkylation sites (N-methyl/N-ethyl adjacent to an activating group) is 1. The standard InChI is InChI=1S/C43H49FN8O5S/c1-52-37(22-29-24-48-34-10-3-2-9-31(29)34)40(54)50-25-32-30(26-13-15-27(16-14-26)43(56)57)17-18-33(44)38(32)58-41-28(8-7-21-47-41)23-49-35(12-6-20-46)39(53)51-36(42(52)55)11-4-5-19-45/h2-3,7-10,13-18,21,24,35-37,48-49H,4-6,11-12,19-20,22-23,25,45-46H2,1H3,(H,50,54)(H,51,53)(H,56,57)/t35-,36-,37-/m0/s1. The normalized spacial score (nSPS) is 18.2. The van der Waals surface area contributed by atoms with Crippen LogP contribution in [0.2, 0.25) is 0 Å². The van der Waals surface area contributed by atoms with Crippen LogP contribution in [0.1, 0.15) is 59.2 Å². The molecule has 5 aromatic rings. The van der Waals surface area contributed by atoms with Gasteiger partial charge in [-0.25, -0.2) is 14.2 Å². The Hall–Kier alpha value is -5.61. The fourth-order valence-electron chi connectivity index (χ4n) is 7.21. The molecule has 1 aliphatic rings. The number of benzene rings is 3. The number of fused-ring (bicyclic) bond motifs is 3. The summed E-state index contributed by atoms with van der Waals surface area (Å²) in [6, 6.07) is 17.7. The summed E-state index contributed by atoms with van der Waals surface area (Å²) in [5.41, 5.74) is 15.8. The minimum atomic E-state index is -1.08. The van der Waals surface area contributed by atoms with Crippen LogP contribution in [0.5, 0.6) is 0 Å². The molecule has 0 spiro atoms. The Morgan fingerprint density at radius 2 is 1.67 bits per heavy atom. The second-order valence-electron chi connectivity index (χ2n) is 14.3. The molecule has 9 N–H and O–H groups in total. The second-order valence-corrected chi connectivity index (χ2v) is 15.3. The first-order valence-corrected chi connectivity index (χ1v) is 20.2. The zero-order valence-corrected chi connectivity index (χ0v) is 33.1. The van der Waals surface area contributed by atoms with Crippen LogP contribution in [0.4, 0.5) is 4.39 Å². The summed E-state index contributed by atoms with van der Waals surface area (Å²) in [5, 5.41) is 20.3. The van der Waals surface area contributed by atoms with Crippen molar-refractivity contribution >= 4 is 46.4 Å². The number of hydrogen-bond donors (Lipinski definition) is 7. The first-order valence-electron chi connectivity index (χ1n) is 19.4. The van der Waals surface area contributed by atoms with Crippen LogP contribution >= 0.6 is 11.8 Å². The smallest absolute Gasteiger partial charge is 0.335 e. The quantitative estimate of drug-likeness (QED) is 0.0914. The van der Waals surface area contributed by atoms with Gasteiger partial charge in [0, 0.05) is 49.9 Å². The van der Waals surface area contributed by atoms with Crippen LogP contribution in [0, 0.1) is 5.82 Å². The SMILES string of the molecule is CN1C(=O)[C@H](CCCCN)NC(=O)[C@H](CCCN)NCc2cccnc2Sc2c(F)ccc(-c3ccc(C(=O)O)cc3)c2CNC(=O)[C@@H]1Cc1c[nH]c2ccccc12. The molecule has 2 aromatic heterocycles. The lowest BCUT2D eigenvalue weighted by molar-refractivity contribution is -0.142. The maximum Gasteiger partial charge on any atom is 0.335 e. The average Bonchev–Trinajstić information content (AvgIpc) is 3.64. The van der Waals surface area contributed by atoms with Gasteiger partial charge in [0.15, 0.2) is 0 Å². The number of H-pyrrole nitrogens is 1. The Morgan fingerprint density at radius 3 is 2.43 bits per heavy atom. The maximum absolute atomic E-state index is 16.2. The van der Waals surface area contributed by atoms with Crippen molar-refractivity contribution in [2.24, 2.45) is 11.5 Å². The summed E-state index contributed by atoms with van der Waals surface area (Å²) in [6.07, 6.45) is 5.98. The Morgan fingerprint density at radius 1 is 0.914 bits per heavy atom. The highest BCUT2D eigenvalue weighted by Crippen LogP contribution is 2.39. The van der Waals surface area contributed by atoms with E-state index < -0.39 is 41.7 Å². The first-order chi connectivity index (χ1) is 28.1. The van der Waals surface area contributed by atoms with Crippen LogP contribution in [0.3, 0.4) is 0 Å². The van der Waals surface area contributed by atoms with Gasteiger partial charge in [-0.05, 0) is 103 Å². The van der Waals surface area contributed by atoms with Gasteiger partial charge in [-0.2, -0.15) is 0 Å². The van der Waals surface area contributed by atoms with Crippen LogP contribution in [0.15, 0.2) is 95.1 Å². The number of amides is 3. The summed E-state index contributed by atoms with van der Waals surface area (Å²) < 4.78 is 16.2. The van der Waals surface area contributed by atoms with E-state index in [0.29, 0.717) is 72.5 Å². The number of carboxylic acids is 1. The molecule has 0 saturated carbocycles. The molecular formula is C43H49FN8O5S. The third-order valence-corrected chi connectivity index (χ3v) is 11.7. The molecule has 0 radical (unpaired) electrons. The molecule has 0 aliphatic carbocycles. The van der Waals surface area contributed by atoms with E-state index in [9.17, 15) is 24.3 Å². The summed E-state index contributed by atoms with van der Waals surface area (Å²) in [6.45, 7) is 0.820. The fraction of sp³-hybridized carbons (Fsp3) is 0.326. The van der Waals surface area contributed by atoms with E-state index in [0.717, 1.165) is 28.2 Å². The predicted molar refractivity (Wildman–Crippen MR) is 221 cm³/mol. The van der Waals surface area contributed by atoms with Gasteiger partial charge in [0.25, 0.3) is 0 Å². The zero-order valence-electron chi connectivity index (χ0n) is 32.3. The third-order valence-electron chi connectivity index (χ3n) is 10.5. The van der Waals surface area contributed by atoms with Crippen LogP contribution in [-0.2, 0) is 33.9 Å². The molecule has 1 aliphatic heterocycles. The molecule has 304 valence electrons. The van der Waals surface area contributed by atoms with Crippen molar-refractivity contribution in [2.75, 3.05) is 20.1 Å². The largest absolute Gasteiger partial charge is 0.478 e. The number of hydrogen-bond acceptors (Lipinski definition) is 9. The lowest BCUT2D eigenvalue weighted by atomic mass is 9.97. The van der Waals surface area contributed by atoms with E-state index in [1.54, 1.807) is 37.5 Å². The number of aromatic nitrogens is 2. The Balaban J connectivity index is 1.48. The van der Waals surface area contributed by atoms with Crippen LogP contribution in [-0.4, -0.2) is 81.9 Å². The number of nitrogens with two attached hydrogens (primary N) is 2. The second kappa shape index (κ2) is 19.7. The van der Waals surface area contributed by atoms with Gasteiger partial charge in [-0.1, -0.05) is 54.2 Å². The Bertz CT molecular complexity index is 2250. The number of unbranched alkanes of at least 4 members (excludes halogenated alkanes) is 1. The zero-order chi connectivity index (χ0) is 41.2. The van der Waals surface area contributed by atoms with E-state index in [4.69, 9.17) is 11.5 Å². The molecule has 0 fully saturated rings. The fourth-order valence-corrected chi connectivity index (χ4v) is 8.25. The van der Waals surface area contributed by atoms with Crippen molar-refractivity contribution in [1.82, 2.24) is 30.8 Å². The molecular weight excluding hydrogens is 760 g/mol. The summed E-state index contributed by atoms with van der Waals surface area (Å²) in [5.74, 6) is -2.96. The number of aromatic amines is 1. The van der Waals surface area contributed by atoms with Crippen molar-refractivity contribution < 1.29 is 28.7 Å². The number of carboxylic acid groups (broad SMARTS) is 1. The summed E-state index contributed by atoms with van der Waals surface area (Å²) in [4.78, 5) is 64.4. The topological polar surface area (TPSA) is 209 Å². The van der Waals surface area contributed by atoms with Gasteiger partial charge in [-0.3, -0.25) is 14.4 Å². The number of nitrogens with one attached hydrogen (secondary N) is 4. The van der Waals surface area contributed by atoms with E-state index >= 15 is 4.39 Å². The number of rotatable bonds is 11. The minimum Gasteiger partial charge on any atom is -0.478 e. The van der Waals surface area contributed by atoms with Crippen molar-refractivity contribution in [2.45, 2.75) is 79.7 Å². The molecule has 3 atom stereocenters. The molecule has 3 heterocycles. The summed E-state index contributed by atoms with van der Waals surface area (Å²) in [7, 11) is 1.56. The number of nitrogens with zero attached hydrogens (tertiary/aromatic N) is 2. The van der Waals surface area contributed by atoms with Crippen molar-refractivity contribution in [3.8, 4) is 11.1 Å². The van der Waals surface area contributed by atoms with Gasteiger partial charge in [0.1, 0.15) is 22.9 Å². The van der Waals surface area contributed by atoms with Gasteiger partial charge in [0.2, 0.25) is 17.7 Å². The van der Waals surface area contributed by atoms with E-state index in [1.807, 2.05) is 36.5 Å². The lowest BCUT2D eigenvalue weighted by Gasteiger charge is -2.32. The average molecular weight is 809 g/mol.